The molecule has 80 valence electrons. The molecule has 0 aromatic heterocycles. The highest BCUT2D eigenvalue weighted by molar-refractivity contribution is 5.74. The van der Waals surface area contributed by atoms with Crippen molar-refractivity contribution in [2.24, 2.45) is 0 Å². The Morgan fingerprint density at radius 3 is 2.87 bits per heavy atom. The molecule has 1 heterocycles. The summed E-state index contributed by atoms with van der Waals surface area (Å²) < 4.78 is 11.4. The van der Waals surface area contributed by atoms with E-state index >= 15 is 0 Å². The van der Waals surface area contributed by atoms with Crippen molar-refractivity contribution in [1.29, 1.82) is 0 Å². The van der Waals surface area contributed by atoms with Crippen LogP contribution in [0.4, 0.5) is 0 Å². The van der Waals surface area contributed by atoms with Crippen LogP contribution in [0.5, 0.6) is 5.75 Å². The highest BCUT2D eigenvalue weighted by atomic mass is 16.7. The summed E-state index contributed by atoms with van der Waals surface area (Å²) in [5.74, 6) is 0.871. The van der Waals surface area contributed by atoms with Crippen molar-refractivity contribution in [2.75, 3.05) is 0 Å². The van der Waals surface area contributed by atoms with E-state index in [1.807, 2.05) is 31.2 Å². The lowest BCUT2D eigenvalue weighted by Crippen LogP contribution is -2.22. The summed E-state index contributed by atoms with van der Waals surface area (Å²) in [5.41, 5.74) is 1.98. The van der Waals surface area contributed by atoms with Crippen LogP contribution >= 0.6 is 0 Å². The van der Waals surface area contributed by atoms with E-state index in [1.165, 1.54) is 0 Å². The first-order chi connectivity index (χ1) is 7.22. The molecule has 2 atom stereocenters. The Bertz CT molecular complexity index is 371. The molecule has 0 radical (unpaired) electrons. The maximum atomic E-state index is 5.73. The van der Waals surface area contributed by atoms with Gasteiger partial charge in [0.2, 0.25) is 6.29 Å². The van der Waals surface area contributed by atoms with Crippen LogP contribution in [0.1, 0.15) is 25.8 Å². The molecule has 0 N–H and O–H groups in total. The van der Waals surface area contributed by atoms with Crippen molar-refractivity contribution in [3.63, 3.8) is 0 Å². The predicted octanol–water partition coefficient (Wildman–Crippen LogP) is 3.23. The van der Waals surface area contributed by atoms with Crippen LogP contribution in [0.2, 0.25) is 0 Å². The van der Waals surface area contributed by atoms with Gasteiger partial charge in [-0.15, -0.1) is 0 Å². The normalized spacial score (nSPS) is 20.9. The Kier molecular flexibility index (Phi) is 2.78. The molecule has 1 aromatic carbocycles. The number of rotatable bonds is 3. The van der Waals surface area contributed by atoms with Gasteiger partial charge in [0.25, 0.3) is 0 Å². The SMILES string of the molecule is C=C1c2ccccc2OC1OC(C)CC. The second-order valence-electron chi connectivity index (χ2n) is 3.83. The van der Waals surface area contributed by atoms with Crippen LogP contribution < -0.4 is 4.74 Å². The smallest absolute Gasteiger partial charge is 0.227 e. The standard InChI is InChI=1S/C13H16O2/c1-4-9(2)14-13-10(3)11-7-5-6-8-12(11)15-13/h5-9,13H,3-4H2,1-2H3. The van der Waals surface area contributed by atoms with Crippen molar-refractivity contribution < 1.29 is 9.47 Å². The zero-order valence-corrected chi connectivity index (χ0v) is 9.19. The van der Waals surface area contributed by atoms with Gasteiger partial charge in [0.15, 0.2) is 0 Å². The summed E-state index contributed by atoms with van der Waals surface area (Å²) in [6.07, 6.45) is 0.863. The zero-order chi connectivity index (χ0) is 10.8. The van der Waals surface area contributed by atoms with Crippen molar-refractivity contribution >= 4 is 5.57 Å². The minimum absolute atomic E-state index is 0.195. The van der Waals surface area contributed by atoms with E-state index in [-0.39, 0.29) is 12.4 Å². The van der Waals surface area contributed by atoms with E-state index in [2.05, 4.69) is 13.5 Å². The fourth-order valence-electron chi connectivity index (χ4n) is 1.57. The molecule has 0 fully saturated rings. The number of hydrogen-bond donors (Lipinski definition) is 0. The summed E-state index contributed by atoms with van der Waals surface area (Å²) in [6, 6.07) is 7.90. The van der Waals surface area contributed by atoms with Gasteiger partial charge in [0, 0.05) is 11.1 Å². The van der Waals surface area contributed by atoms with Crippen molar-refractivity contribution in [1.82, 2.24) is 0 Å². The lowest BCUT2D eigenvalue weighted by Gasteiger charge is -2.17. The molecule has 0 aliphatic carbocycles. The van der Waals surface area contributed by atoms with Crippen molar-refractivity contribution in [2.45, 2.75) is 32.7 Å². The molecule has 0 saturated carbocycles. The molecule has 0 spiro atoms. The zero-order valence-electron chi connectivity index (χ0n) is 9.19. The third kappa shape index (κ3) is 1.90. The number of benzene rings is 1. The van der Waals surface area contributed by atoms with Gasteiger partial charge in [-0.3, -0.25) is 0 Å². The van der Waals surface area contributed by atoms with Gasteiger partial charge < -0.3 is 9.47 Å². The lowest BCUT2D eigenvalue weighted by molar-refractivity contribution is -0.0702. The summed E-state index contributed by atoms with van der Waals surface area (Å²) >= 11 is 0. The highest BCUT2D eigenvalue weighted by Gasteiger charge is 2.28. The van der Waals surface area contributed by atoms with Crippen molar-refractivity contribution in [3.05, 3.63) is 36.4 Å². The fourth-order valence-corrected chi connectivity index (χ4v) is 1.57. The summed E-state index contributed by atoms with van der Waals surface area (Å²) in [7, 11) is 0. The molecular weight excluding hydrogens is 188 g/mol. The Balaban J connectivity index is 2.13. The fraction of sp³-hybridized carbons (Fsp3) is 0.385. The second kappa shape index (κ2) is 4.07. The molecule has 0 saturated heterocycles. The molecule has 2 nitrogen and oxygen atoms in total. The van der Waals surface area contributed by atoms with Crippen LogP contribution in [0.15, 0.2) is 30.8 Å². The number of hydrogen-bond acceptors (Lipinski definition) is 2. The Hall–Kier alpha value is -1.28. The quantitative estimate of drug-likeness (QED) is 0.752. The predicted molar refractivity (Wildman–Crippen MR) is 60.7 cm³/mol. The van der Waals surface area contributed by atoms with Gasteiger partial charge in [-0.05, 0) is 19.4 Å². The van der Waals surface area contributed by atoms with Gasteiger partial charge in [0.05, 0.1) is 6.10 Å². The van der Waals surface area contributed by atoms with Gasteiger partial charge in [0.1, 0.15) is 5.75 Å². The minimum atomic E-state index is -0.308. The second-order valence-corrected chi connectivity index (χ2v) is 3.83. The van der Waals surface area contributed by atoms with E-state index in [4.69, 9.17) is 9.47 Å². The number of para-hydroxylation sites is 1. The third-order valence-corrected chi connectivity index (χ3v) is 2.68. The van der Waals surface area contributed by atoms with E-state index in [9.17, 15) is 0 Å². The number of fused-ring (bicyclic) bond motifs is 1. The average Bonchev–Trinajstić information content (AvgIpc) is 2.57. The summed E-state index contributed by atoms with van der Waals surface area (Å²) in [5, 5.41) is 0. The maximum absolute atomic E-state index is 5.73. The molecular formula is C13H16O2. The van der Waals surface area contributed by atoms with Gasteiger partial charge in [-0.25, -0.2) is 0 Å². The van der Waals surface area contributed by atoms with Gasteiger partial charge in [-0.2, -0.15) is 0 Å². The molecule has 0 amide bonds. The minimum Gasteiger partial charge on any atom is -0.460 e. The van der Waals surface area contributed by atoms with E-state index < -0.39 is 0 Å². The average molecular weight is 204 g/mol. The molecule has 2 heteroatoms. The highest BCUT2D eigenvalue weighted by Crippen LogP contribution is 2.36. The first kappa shape index (κ1) is 10.2. The topological polar surface area (TPSA) is 18.5 Å². The Labute approximate surface area is 90.5 Å². The summed E-state index contributed by atoms with van der Waals surface area (Å²) in [6.45, 7) is 8.15. The molecule has 1 aromatic rings. The van der Waals surface area contributed by atoms with Crippen LogP contribution in [-0.4, -0.2) is 12.4 Å². The lowest BCUT2D eigenvalue weighted by atomic mass is 10.1. The third-order valence-electron chi connectivity index (χ3n) is 2.68. The van der Waals surface area contributed by atoms with Crippen LogP contribution in [-0.2, 0) is 4.74 Å². The van der Waals surface area contributed by atoms with Gasteiger partial charge >= 0.3 is 0 Å². The summed E-state index contributed by atoms with van der Waals surface area (Å²) in [4.78, 5) is 0. The molecule has 2 rings (SSSR count). The van der Waals surface area contributed by atoms with Gasteiger partial charge in [-0.1, -0.05) is 31.7 Å². The van der Waals surface area contributed by atoms with Crippen LogP contribution in [0.25, 0.3) is 5.57 Å². The first-order valence-electron chi connectivity index (χ1n) is 5.32. The molecule has 1 aliphatic rings. The van der Waals surface area contributed by atoms with E-state index in [0.29, 0.717) is 0 Å². The van der Waals surface area contributed by atoms with E-state index in [0.717, 1.165) is 23.3 Å². The molecule has 0 bridgehead atoms. The molecule has 2 unspecified atom stereocenters. The van der Waals surface area contributed by atoms with Crippen LogP contribution in [0.3, 0.4) is 0 Å². The van der Waals surface area contributed by atoms with Crippen LogP contribution in [0, 0.1) is 0 Å². The van der Waals surface area contributed by atoms with Crippen molar-refractivity contribution in [3.8, 4) is 5.75 Å². The number of ether oxygens (including phenoxy) is 2. The monoisotopic (exact) mass is 204 g/mol. The molecule has 15 heavy (non-hydrogen) atoms. The largest absolute Gasteiger partial charge is 0.460 e. The first-order valence-corrected chi connectivity index (χ1v) is 5.32. The Morgan fingerprint density at radius 2 is 2.20 bits per heavy atom. The maximum Gasteiger partial charge on any atom is 0.227 e. The molecule has 1 aliphatic heterocycles. The van der Waals surface area contributed by atoms with E-state index in [1.54, 1.807) is 0 Å². The Morgan fingerprint density at radius 1 is 1.47 bits per heavy atom.